The summed E-state index contributed by atoms with van der Waals surface area (Å²) in [7, 11) is 3.82. The third kappa shape index (κ3) is 3.23. The maximum absolute atomic E-state index is 12.5. The molecule has 0 radical (unpaired) electrons. The topological polar surface area (TPSA) is 45.7 Å². The number of nitrogens with zero attached hydrogens (tertiary/aromatic N) is 3. The van der Waals surface area contributed by atoms with E-state index in [1.807, 2.05) is 43.8 Å². The van der Waals surface area contributed by atoms with Crippen molar-refractivity contribution in [2.75, 3.05) is 32.1 Å². The molecule has 1 amide bonds. The maximum atomic E-state index is 12.5. The van der Waals surface area contributed by atoms with Gasteiger partial charge < -0.3 is 14.5 Å². The largest absolute Gasteiger partial charge is 0.372 e. The fourth-order valence-corrected chi connectivity index (χ4v) is 2.32. The van der Waals surface area contributed by atoms with Crippen molar-refractivity contribution in [2.45, 2.75) is 26.1 Å². The van der Waals surface area contributed by atoms with Gasteiger partial charge in [-0.15, -0.1) is 0 Å². The minimum Gasteiger partial charge on any atom is -0.372 e. The lowest BCUT2D eigenvalue weighted by Crippen LogP contribution is -2.48. The Morgan fingerprint density at radius 3 is 2.58 bits per heavy atom. The van der Waals surface area contributed by atoms with Gasteiger partial charge in [-0.1, -0.05) is 0 Å². The highest BCUT2D eigenvalue weighted by Gasteiger charge is 2.26. The summed E-state index contributed by atoms with van der Waals surface area (Å²) >= 11 is 0. The molecule has 104 valence electrons. The molecule has 1 fully saturated rings. The van der Waals surface area contributed by atoms with E-state index in [1.165, 1.54) is 0 Å². The van der Waals surface area contributed by atoms with Gasteiger partial charge in [0.25, 0.3) is 5.91 Å². The van der Waals surface area contributed by atoms with E-state index in [0.29, 0.717) is 18.7 Å². The Morgan fingerprint density at radius 2 is 2.00 bits per heavy atom. The van der Waals surface area contributed by atoms with Crippen LogP contribution in [0.5, 0.6) is 0 Å². The van der Waals surface area contributed by atoms with Gasteiger partial charge in [-0.2, -0.15) is 0 Å². The molecule has 1 aromatic rings. The first-order valence-corrected chi connectivity index (χ1v) is 6.55. The van der Waals surface area contributed by atoms with Crippen LogP contribution in [-0.2, 0) is 4.74 Å². The summed E-state index contributed by atoms with van der Waals surface area (Å²) in [6.07, 6.45) is 1.85. The van der Waals surface area contributed by atoms with Crippen molar-refractivity contribution < 1.29 is 9.53 Å². The number of amides is 1. The van der Waals surface area contributed by atoms with E-state index < -0.39 is 0 Å². The molecule has 1 saturated heterocycles. The highest BCUT2D eigenvalue weighted by Crippen LogP contribution is 2.16. The Kier molecular flexibility index (Phi) is 4.04. The fraction of sp³-hybridized carbons (Fsp3) is 0.571. The van der Waals surface area contributed by atoms with E-state index in [1.54, 1.807) is 12.3 Å². The second-order valence-electron chi connectivity index (χ2n) is 5.26. The van der Waals surface area contributed by atoms with Gasteiger partial charge in [0.1, 0.15) is 5.82 Å². The van der Waals surface area contributed by atoms with Gasteiger partial charge in [0, 0.05) is 38.9 Å². The van der Waals surface area contributed by atoms with Crippen LogP contribution >= 0.6 is 0 Å². The normalized spacial score (nSPS) is 23.3. The minimum absolute atomic E-state index is 0.0486. The number of carbonyl (C=O) groups is 1. The molecule has 0 unspecified atom stereocenters. The summed E-state index contributed by atoms with van der Waals surface area (Å²) in [4.78, 5) is 20.5. The molecule has 0 saturated carbocycles. The van der Waals surface area contributed by atoms with Crippen LogP contribution in [-0.4, -0.2) is 55.2 Å². The summed E-state index contributed by atoms with van der Waals surface area (Å²) in [6.45, 7) is 5.27. The van der Waals surface area contributed by atoms with Crippen LogP contribution < -0.4 is 4.90 Å². The molecule has 0 N–H and O–H groups in total. The standard InChI is InChI=1S/C14H21N3O2/c1-10-8-17(9-11(2)19-10)14(18)12-5-6-15-13(7-12)16(3)4/h5-7,10-11H,8-9H2,1-4H3/t10-,11+. The lowest BCUT2D eigenvalue weighted by molar-refractivity contribution is -0.0586. The lowest BCUT2D eigenvalue weighted by atomic mass is 10.1. The molecule has 2 heterocycles. The highest BCUT2D eigenvalue weighted by molar-refractivity contribution is 5.95. The van der Waals surface area contributed by atoms with Crippen molar-refractivity contribution in [3.8, 4) is 0 Å². The Balaban J connectivity index is 2.17. The number of pyridine rings is 1. The zero-order chi connectivity index (χ0) is 14.0. The van der Waals surface area contributed by atoms with Gasteiger partial charge >= 0.3 is 0 Å². The van der Waals surface area contributed by atoms with Gasteiger partial charge in [-0.05, 0) is 26.0 Å². The average Bonchev–Trinajstić information content (AvgIpc) is 2.37. The van der Waals surface area contributed by atoms with E-state index in [-0.39, 0.29) is 18.1 Å². The van der Waals surface area contributed by atoms with Crippen LogP contribution in [0.4, 0.5) is 5.82 Å². The summed E-state index contributed by atoms with van der Waals surface area (Å²) in [5.74, 6) is 0.840. The molecule has 2 atom stereocenters. The molecule has 5 nitrogen and oxygen atoms in total. The monoisotopic (exact) mass is 263 g/mol. The highest BCUT2D eigenvalue weighted by atomic mass is 16.5. The van der Waals surface area contributed by atoms with Crippen molar-refractivity contribution in [1.29, 1.82) is 0 Å². The zero-order valence-corrected chi connectivity index (χ0v) is 12.0. The molecule has 1 aromatic heterocycles. The second kappa shape index (κ2) is 5.57. The summed E-state index contributed by atoms with van der Waals surface area (Å²) < 4.78 is 5.65. The number of anilines is 1. The van der Waals surface area contributed by atoms with Crippen LogP contribution in [0.3, 0.4) is 0 Å². The molecule has 2 rings (SSSR count). The van der Waals surface area contributed by atoms with E-state index in [9.17, 15) is 4.79 Å². The molecule has 0 bridgehead atoms. The predicted molar refractivity (Wildman–Crippen MR) is 74.5 cm³/mol. The Labute approximate surface area is 114 Å². The molecule has 0 spiro atoms. The quantitative estimate of drug-likeness (QED) is 0.809. The van der Waals surface area contributed by atoms with Crippen LogP contribution in [0.2, 0.25) is 0 Å². The smallest absolute Gasteiger partial charge is 0.254 e. The van der Waals surface area contributed by atoms with E-state index in [0.717, 1.165) is 5.82 Å². The third-order valence-electron chi connectivity index (χ3n) is 3.16. The van der Waals surface area contributed by atoms with E-state index >= 15 is 0 Å². The molecule has 0 aliphatic carbocycles. The number of rotatable bonds is 2. The van der Waals surface area contributed by atoms with E-state index in [2.05, 4.69) is 4.98 Å². The predicted octanol–water partition coefficient (Wildman–Crippen LogP) is 1.40. The number of hydrogen-bond donors (Lipinski definition) is 0. The first-order valence-electron chi connectivity index (χ1n) is 6.55. The van der Waals surface area contributed by atoms with Crippen LogP contribution in [0.15, 0.2) is 18.3 Å². The first kappa shape index (κ1) is 13.8. The van der Waals surface area contributed by atoms with Crippen LogP contribution in [0, 0.1) is 0 Å². The van der Waals surface area contributed by atoms with Crippen LogP contribution in [0.1, 0.15) is 24.2 Å². The molecular weight excluding hydrogens is 242 g/mol. The lowest BCUT2D eigenvalue weighted by Gasteiger charge is -2.35. The molecular formula is C14H21N3O2. The molecule has 1 aliphatic heterocycles. The third-order valence-corrected chi connectivity index (χ3v) is 3.16. The average molecular weight is 263 g/mol. The van der Waals surface area contributed by atoms with Crippen molar-refractivity contribution in [2.24, 2.45) is 0 Å². The second-order valence-corrected chi connectivity index (χ2v) is 5.26. The molecule has 19 heavy (non-hydrogen) atoms. The van der Waals surface area contributed by atoms with Crippen molar-refractivity contribution >= 4 is 11.7 Å². The Bertz CT molecular complexity index is 452. The molecule has 1 aliphatic rings. The van der Waals surface area contributed by atoms with E-state index in [4.69, 9.17) is 4.74 Å². The number of aromatic nitrogens is 1. The van der Waals surface area contributed by atoms with Crippen molar-refractivity contribution in [3.63, 3.8) is 0 Å². The van der Waals surface area contributed by atoms with Gasteiger partial charge in [0.05, 0.1) is 12.2 Å². The van der Waals surface area contributed by atoms with Crippen molar-refractivity contribution in [1.82, 2.24) is 9.88 Å². The summed E-state index contributed by atoms with van der Waals surface area (Å²) in [5.41, 5.74) is 0.681. The maximum Gasteiger partial charge on any atom is 0.254 e. The zero-order valence-electron chi connectivity index (χ0n) is 12.0. The van der Waals surface area contributed by atoms with Crippen LogP contribution in [0.25, 0.3) is 0 Å². The number of carbonyl (C=O) groups excluding carboxylic acids is 1. The first-order chi connectivity index (χ1) is 8.97. The Morgan fingerprint density at radius 1 is 1.37 bits per heavy atom. The van der Waals surface area contributed by atoms with Gasteiger partial charge in [-0.3, -0.25) is 4.79 Å². The molecule has 5 heteroatoms. The van der Waals surface area contributed by atoms with Gasteiger partial charge in [-0.25, -0.2) is 4.98 Å². The number of ether oxygens (including phenoxy) is 1. The molecule has 0 aromatic carbocycles. The minimum atomic E-state index is 0.0486. The Hall–Kier alpha value is -1.62. The number of hydrogen-bond acceptors (Lipinski definition) is 4. The number of morpholine rings is 1. The fourth-order valence-electron chi connectivity index (χ4n) is 2.32. The SMILES string of the molecule is C[C@@H]1CN(C(=O)c2ccnc(N(C)C)c2)C[C@H](C)O1. The van der Waals surface area contributed by atoms with Gasteiger partial charge in [0.2, 0.25) is 0 Å². The summed E-state index contributed by atoms with van der Waals surface area (Å²) in [5, 5.41) is 0. The van der Waals surface area contributed by atoms with Gasteiger partial charge in [0.15, 0.2) is 0 Å². The van der Waals surface area contributed by atoms with Crippen molar-refractivity contribution in [3.05, 3.63) is 23.9 Å². The summed E-state index contributed by atoms with van der Waals surface area (Å²) in [6, 6.07) is 3.59.